The van der Waals surface area contributed by atoms with Gasteiger partial charge in [0, 0.05) is 36.6 Å². The number of nitrogens with one attached hydrogen (secondary N) is 1. The number of carbonyl (C=O) groups excluding carboxylic acids is 1. The Morgan fingerprint density at radius 2 is 2.26 bits per heavy atom. The van der Waals surface area contributed by atoms with Crippen molar-refractivity contribution in [1.29, 1.82) is 0 Å². The van der Waals surface area contributed by atoms with Crippen LogP contribution >= 0.6 is 34.3 Å². The summed E-state index contributed by atoms with van der Waals surface area (Å²) in [7, 11) is 0. The predicted molar refractivity (Wildman–Crippen MR) is 131 cm³/mol. The van der Waals surface area contributed by atoms with E-state index in [0.29, 0.717) is 24.2 Å². The fourth-order valence-electron chi connectivity index (χ4n) is 3.60. The number of halogens is 4. The van der Waals surface area contributed by atoms with Gasteiger partial charge in [0.2, 0.25) is 0 Å². The number of hydrogen-bond acceptors (Lipinski definition) is 8. The molecule has 3 aromatic heterocycles. The molecule has 0 aromatic carbocycles. The van der Waals surface area contributed by atoms with Crippen LogP contribution in [-0.2, 0) is 20.8 Å². The van der Waals surface area contributed by atoms with E-state index in [1.54, 1.807) is 17.4 Å². The number of carbonyl (C=O) groups is 1. The van der Waals surface area contributed by atoms with E-state index in [1.807, 2.05) is 17.5 Å². The molecule has 4 heterocycles. The van der Waals surface area contributed by atoms with E-state index in [9.17, 15) is 18.0 Å². The minimum atomic E-state index is -5.04. The van der Waals surface area contributed by atoms with Gasteiger partial charge in [-0.15, -0.1) is 22.7 Å². The van der Waals surface area contributed by atoms with E-state index < -0.39 is 18.8 Å². The summed E-state index contributed by atoms with van der Waals surface area (Å²) in [5, 5.41) is 5.67. The van der Waals surface area contributed by atoms with Crippen LogP contribution in [0.5, 0.6) is 0 Å². The number of alkyl halides is 3. The molecule has 0 spiro atoms. The van der Waals surface area contributed by atoms with Crippen LogP contribution in [0.1, 0.15) is 40.7 Å². The Kier molecular flexibility index (Phi) is 8.19. The van der Waals surface area contributed by atoms with E-state index in [2.05, 4.69) is 26.9 Å². The normalized spacial score (nSPS) is 18.2. The molecule has 0 amide bonds. The minimum absolute atomic E-state index is 0.0831. The quantitative estimate of drug-likeness (QED) is 0.181. The van der Waals surface area contributed by atoms with E-state index >= 15 is 0 Å². The molecular formula is C23H21ClF3N3O3S2. The van der Waals surface area contributed by atoms with Gasteiger partial charge < -0.3 is 20.5 Å². The Morgan fingerprint density at radius 1 is 1.43 bits per heavy atom. The molecule has 3 aromatic rings. The molecule has 1 fully saturated rings. The van der Waals surface area contributed by atoms with Gasteiger partial charge in [-0.3, -0.25) is 0 Å². The molecule has 186 valence electrons. The zero-order chi connectivity index (χ0) is 25.0. The van der Waals surface area contributed by atoms with Crippen molar-refractivity contribution in [1.82, 2.24) is 4.98 Å². The van der Waals surface area contributed by atoms with E-state index in [-0.39, 0.29) is 23.7 Å². The van der Waals surface area contributed by atoms with Crippen LogP contribution in [-0.4, -0.2) is 36.4 Å². The predicted octanol–water partition coefficient (Wildman–Crippen LogP) is 5.65. The second-order valence-corrected chi connectivity index (χ2v) is 10.2. The van der Waals surface area contributed by atoms with E-state index in [1.165, 1.54) is 11.3 Å². The highest BCUT2D eigenvalue weighted by molar-refractivity contribution is 7.20. The first-order valence-electron chi connectivity index (χ1n) is 10.7. The standard InChI is InChI=1S/C23H21ClF3N3O3S2/c24-17-11-16(29-12-13-5-4-10-34-13)21-18(30-17)14(6-1-2-8-33-22(31)23(25,26)27)20(35-21)19-15(28)7-3-9-32-19/h4-5,10-11,15,19H,2-3,7-9,12,28H2,(H,29,30)/t15-,19-/m1/s1. The molecule has 4 rings (SSSR count). The van der Waals surface area contributed by atoms with Crippen molar-refractivity contribution in [2.45, 2.75) is 44.1 Å². The van der Waals surface area contributed by atoms with Gasteiger partial charge in [0.1, 0.15) is 23.4 Å². The number of esters is 1. The van der Waals surface area contributed by atoms with Gasteiger partial charge in [-0.1, -0.05) is 29.5 Å². The Hall–Kier alpha value is -2.36. The fourth-order valence-corrected chi connectivity index (χ4v) is 5.75. The first kappa shape index (κ1) is 25.7. The molecule has 0 aliphatic carbocycles. The maximum Gasteiger partial charge on any atom is 0.490 e. The molecule has 35 heavy (non-hydrogen) atoms. The summed E-state index contributed by atoms with van der Waals surface area (Å²) in [6.45, 7) is 0.680. The van der Waals surface area contributed by atoms with Crippen molar-refractivity contribution in [2.75, 3.05) is 18.5 Å². The van der Waals surface area contributed by atoms with Crippen molar-refractivity contribution < 1.29 is 27.4 Å². The lowest BCUT2D eigenvalue weighted by molar-refractivity contribution is -0.199. The van der Waals surface area contributed by atoms with Crippen molar-refractivity contribution in [3.05, 3.63) is 44.1 Å². The topological polar surface area (TPSA) is 86.5 Å². The van der Waals surface area contributed by atoms with Crippen LogP contribution in [0.4, 0.5) is 18.9 Å². The van der Waals surface area contributed by atoms with Gasteiger partial charge in [0.05, 0.1) is 20.8 Å². The highest BCUT2D eigenvalue weighted by Gasteiger charge is 2.40. The molecule has 2 atom stereocenters. The largest absolute Gasteiger partial charge is 0.490 e. The van der Waals surface area contributed by atoms with E-state index in [4.69, 9.17) is 22.1 Å². The van der Waals surface area contributed by atoms with Crippen molar-refractivity contribution in [3.8, 4) is 11.8 Å². The molecule has 1 aliphatic heterocycles. The van der Waals surface area contributed by atoms with E-state index in [0.717, 1.165) is 33.0 Å². The van der Waals surface area contributed by atoms with Gasteiger partial charge in [-0.2, -0.15) is 13.2 Å². The number of anilines is 1. The molecule has 12 heteroatoms. The first-order valence-corrected chi connectivity index (χ1v) is 12.8. The lowest BCUT2D eigenvalue weighted by Crippen LogP contribution is -2.34. The number of ether oxygens (including phenoxy) is 2. The van der Waals surface area contributed by atoms with Crippen molar-refractivity contribution in [3.63, 3.8) is 0 Å². The third kappa shape index (κ3) is 6.26. The number of pyridine rings is 1. The maximum absolute atomic E-state index is 12.3. The van der Waals surface area contributed by atoms with Crippen LogP contribution in [0.2, 0.25) is 5.15 Å². The number of nitrogens with two attached hydrogens (primary N) is 1. The Labute approximate surface area is 212 Å². The first-order chi connectivity index (χ1) is 16.7. The Morgan fingerprint density at radius 3 is 2.97 bits per heavy atom. The van der Waals surface area contributed by atoms with Gasteiger partial charge in [-0.05, 0) is 24.3 Å². The summed E-state index contributed by atoms with van der Waals surface area (Å²) < 4.78 is 48.0. The Balaban J connectivity index is 1.65. The molecule has 0 unspecified atom stereocenters. The average Bonchev–Trinajstić information content (AvgIpc) is 3.45. The van der Waals surface area contributed by atoms with Crippen LogP contribution in [0.3, 0.4) is 0 Å². The molecule has 3 N–H and O–H groups in total. The summed E-state index contributed by atoms with van der Waals surface area (Å²) >= 11 is 9.42. The Bertz CT molecular complexity index is 1250. The summed E-state index contributed by atoms with van der Waals surface area (Å²) in [5.41, 5.74) is 8.27. The second kappa shape index (κ2) is 11.1. The lowest BCUT2D eigenvalue weighted by Gasteiger charge is -2.28. The molecule has 0 bridgehead atoms. The van der Waals surface area contributed by atoms with Crippen LogP contribution in [0.15, 0.2) is 23.6 Å². The number of hydrogen-bond donors (Lipinski definition) is 2. The SMILES string of the molecule is N[C@@H]1CCCO[C@H]1c1sc2c(NCc3cccs3)cc(Cl)nc2c1C#CCCOC(=O)C(F)(F)F. The number of fused-ring (bicyclic) bond motifs is 1. The third-order valence-electron chi connectivity index (χ3n) is 5.20. The highest BCUT2D eigenvalue weighted by Crippen LogP contribution is 2.42. The second-order valence-electron chi connectivity index (χ2n) is 7.73. The number of rotatable bonds is 6. The molecule has 0 saturated carbocycles. The molecule has 0 radical (unpaired) electrons. The lowest BCUT2D eigenvalue weighted by atomic mass is 9.99. The number of nitrogens with zero attached hydrogens (tertiary/aromatic N) is 1. The summed E-state index contributed by atoms with van der Waals surface area (Å²) in [6.07, 6.45) is -3.87. The van der Waals surface area contributed by atoms with Crippen LogP contribution in [0.25, 0.3) is 10.2 Å². The van der Waals surface area contributed by atoms with Gasteiger partial charge in [-0.25, -0.2) is 9.78 Å². The van der Waals surface area contributed by atoms with Crippen LogP contribution < -0.4 is 11.1 Å². The average molecular weight is 544 g/mol. The maximum atomic E-state index is 12.3. The molecular weight excluding hydrogens is 523 g/mol. The summed E-state index contributed by atoms with van der Waals surface area (Å²) in [6, 6.07) is 5.51. The highest BCUT2D eigenvalue weighted by atomic mass is 35.5. The molecule has 1 saturated heterocycles. The smallest absolute Gasteiger partial charge is 0.458 e. The fraction of sp³-hybridized carbons (Fsp3) is 0.391. The van der Waals surface area contributed by atoms with Crippen LogP contribution in [0, 0.1) is 11.8 Å². The number of thiophene rings is 2. The monoisotopic (exact) mass is 543 g/mol. The van der Waals surface area contributed by atoms with Gasteiger partial charge in [0.25, 0.3) is 0 Å². The third-order valence-corrected chi connectivity index (χ3v) is 7.55. The van der Waals surface area contributed by atoms with Crippen molar-refractivity contribution in [2.24, 2.45) is 5.73 Å². The zero-order valence-electron chi connectivity index (χ0n) is 18.3. The minimum Gasteiger partial charge on any atom is -0.458 e. The van der Waals surface area contributed by atoms with Gasteiger partial charge in [0.15, 0.2) is 0 Å². The zero-order valence-corrected chi connectivity index (χ0v) is 20.7. The van der Waals surface area contributed by atoms with Crippen molar-refractivity contribution >= 4 is 56.1 Å². The summed E-state index contributed by atoms with van der Waals surface area (Å²) in [5.74, 6) is 3.55. The number of aromatic nitrogens is 1. The van der Waals surface area contributed by atoms with Gasteiger partial charge >= 0.3 is 12.1 Å². The summed E-state index contributed by atoms with van der Waals surface area (Å²) in [4.78, 5) is 17.3. The molecule has 1 aliphatic rings. The molecule has 6 nitrogen and oxygen atoms in total.